The number of rotatable bonds is 2. The van der Waals surface area contributed by atoms with Gasteiger partial charge in [-0.3, -0.25) is 0 Å². The first-order valence-corrected chi connectivity index (χ1v) is 7.19. The van der Waals surface area contributed by atoms with Gasteiger partial charge in [0.05, 0.1) is 18.2 Å². The third-order valence-corrected chi connectivity index (χ3v) is 3.94. The van der Waals surface area contributed by atoms with Crippen molar-refractivity contribution in [2.75, 3.05) is 0 Å². The minimum Gasteiger partial charge on any atom is -0.306 e. The van der Waals surface area contributed by atoms with E-state index in [2.05, 4.69) is 17.2 Å². The van der Waals surface area contributed by atoms with Gasteiger partial charge in [0.15, 0.2) is 0 Å². The lowest BCUT2D eigenvalue weighted by Gasteiger charge is -2.29. The van der Waals surface area contributed by atoms with Crippen molar-refractivity contribution in [2.45, 2.75) is 45.2 Å². The molecule has 2 aromatic rings. The number of halogens is 1. The summed E-state index contributed by atoms with van der Waals surface area (Å²) in [5.74, 6) is -0.204. The van der Waals surface area contributed by atoms with Crippen molar-refractivity contribution in [1.82, 2.24) is 14.9 Å². The topological polar surface area (TPSA) is 29.9 Å². The number of aryl methyl sites for hydroxylation is 1. The highest BCUT2D eigenvalue weighted by Gasteiger charge is 2.22. The molecule has 1 saturated heterocycles. The van der Waals surface area contributed by atoms with E-state index >= 15 is 0 Å². The van der Waals surface area contributed by atoms with Gasteiger partial charge in [0, 0.05) is 17.8 Å². The summed E-state index contributed by atoms with van der Waals surface area (Å²) in [6.45, 7) is 4.11. The van der Waals surface area contributed by atoms with Gasteiger partial charge in [0.2, 0.25) is 0 Å². The van der Waals surface area contributed by atoms with Gasteiger partial charge in [-0.05, 0) is 56.9 Å². The van der Waals surface area contributed by atoms with E-state index in [1.165, 1.54) is 12.8 Å². The van der Waals surface area contributed by atoms with Crippen LogP contribution in [0.2, 0.25) is 0 Å². The summed E-state index contributed by atoms with van der Waals surface area (Å²) in [6, 6.07) is 5.91. The van der Waals surface area contributed by atoms with Gasteiger partial charge in [-0.1, -0.05) is 0 Å². The second kappa shape index (κ2) is 5.37. The monoisotopic (exact) mass is 273 g/mol. The van der Waals surface area contributed by atoms with Gasteiger partial charge in [-0.2, -0.15) is 0 Å². The lowest BCUT2D eigenvalue weighted by atomic mass is 9.97. The Hall–Kier alpha value is -1.68. The van der Waals surface area contributed by atoms with Crippen molar-refractivity contribution in [1.29, 1.82) is 0 Å². The zero-order valence-electron chi connectivity index (χ0n) is 11.9. The Labute approximate surface area is 118 Å². The molecule has 0 radical (unpaired) electrons. The Bertz CT molecular complexity index is 585. The fourth-order valence-corrected chi connectivity index (χ4v) is 3.01. The van der Waals surface area contributed by atoms with E-state index in [1.54, 1.807) is 18.5 Å². The van der Waals surface area contributed by atoms with Crippen LogP contribution in [0.1, 0.15) is 43.5 Å². The Morgan fingerprint density at radius 1 is 1.30 bits per heavy atom. The fraction of sp³-hybridized carbons (Fsp3) is 0.438. The summed E-state index contributed by atoms with van der Waals surface area (Å²) < 4.78 is 15.6. The molecule has 1 aromatic heterocycles. The molecule has 0 saturated carbocycles. The molecular weight excluding hydrogens is 253 g/mol. The van der Waals surface area contributed by atoms with Gasteiger partial charge in [-0.15, -0.1) is 0 Å². The van der Waals surface area contributed by atoms with Crippen LogP contribution in [0.25, 0.3) is 5.69 Å². The van der Waals surface area contributed by atoms with E-state index in [1.807, 2.05) is 23.8 Å². The molecule has 106 valence electrons. The highest BCUT2D eigenvalue weighted by atomic mass is 19.1. The van der Waals surface area contributed by atoms with E-state index in [9.17, 15) is 4.39 Å². The van der Waals surface area contributed by atoms with Crippen LogP contribution in [0.3, 0.4) is 0 Å². The second-order valence-electron chi connectivity index (χ2n) is 5.73. The highest BCUT2D eigenvalue weighted by Crippen LogP contribution is 2.27. The Balaban J connectivity index is 1.97. The predicted octanol–water partition coefficient (Wildman–Crippen LogP) is 3.52. The van der Waals surface area contributed by atoms with E-state index in [0.717, 1.165) is 23.4 Å². The number of hydrogen-bond acceptors (Lipinski definition) is 2. The summed E-state index contributed by atoms with van der Waals surface area (Å²) in [5.41, 5.74) is 2.88. The van der Waals surface area contributed by atoms with Crippen LogP contribution < -0.4 is 5.32 Å². The molecule has 0 amide bonds. The third kappa shape index (κ3) is 2.61. The van der Waals surface area contributed by atoms with Crippen LogP contribution in [0, 0.1) is 12.7 Å². The molecule has 1 aliphatic rings. The largest absolute Gasteiger partial charge is 0.306 e. The van der Waals surface area contributed by atoms with Gasteiger partial charge < -0.3 is 9.88 Å². The Morgan fingerprint density at radius 2 is 2.15 bits per heavy atom. The van der Waals surface area contributed by atoms with Gasteiger partial charge in [0.1, 0.15) is 5.82 Å². The number of nitrogens with zero attached hydrogens (tertiary/aromatic N) is 2. The van der Waals surface area contributed by atoms with Gasteiger partial charge in [-0.25, -0.2) is 9.37 Å². The smallest absolute Gasteiger partial charge is 0.125 e. The molecule has 1 aliphatic heterocycles. The molecule has 3 rings (SSSR count). The molecule has 0 bridgehead atoms. The Kier molecular flexibility index (Phi) is 3.57. The average Bonchev–Trinajstić information content (AvgIpc) is 2.86. The minimum atomic E-state index is -0.204. The standard InChI is InChI=1S/C16H20FN3/c1-11-6-13(17)8-14(7-11)20-10-18-9-16(20)15-5-3-4-12(2)19-15/h6-10,12,15,19H,3-5H2,1-2H3. The van der Waals surface area contributed by atoms with Gasteiger partial charge in [0.25, 0.3) is 0 Å². The molecule has 1 N–H and O–H groups in total. The number of benzene rings is 1. The molecule has 1 fully saturated rings. The zero-order valence-corrected chi connectivity index (χ0v) is 11.9. The molecule has 3 nitrogen and oxygen atoms in total. The van der Waals surface area contributed by atoms with Crippen LogP contribution >= 0.6 is 0 Å². The predicted molar refractivity (Wildman–Crippen MR) is 77.4 cm³/mol. The van der Waals surface area contributed by atoms with Crippen molar-refractivity contribution in [2.24, 2.45) is 0 Å². The van der Waals surface area contributed by atoms with Gasteiger partial charge >= 0.3 is 0 Å². The first-order chi connectivity index (χ1) is 9.63. The van der Waals surface area contributed by atoms with Crippen LogP contribution in [0.15, 0.2) is 30.7 Å². The summed E-state index contributed by atoms with van der Waals surface area (Å²) >= 11 is 0. The van der Waals surface area contributed by atoms with E-state index < -0.39 is 0 Å². The molecule has 0 aliphatic carbocycles. The lowest BCUT2D eigenvalue weighted by molar-refractivity contribution is 0.334. The van der Waals surface area contributed by atoms with Crippen molar-refractivity contribution < 1.29 is 4.39 Å². The number of nitrogens with one attached hydrogen (secondary N) is 1. The first-order valence-electron chi connectivity index (χ1n) is 7.19. The van der Waals surface area contributed by atoms with Crippen LogP contribution in [-0.4, -0.2) is 15.6 Å². The molecular formula is C16H20FN3. The SMILES string of the molecule is Cc1cc(F)cc(-n2cncc2C2CCCC(C)N2)c1. The summed E-state index contributed by atoms with van der Waals surface area (Å²) in [6.07, 6.45) is 7.18. The normalized spacial score (nSPS) is 22.9. The van der Waals surface area contributed by atoms with Crippen molar-refractivity contribution in [3.05, 3.63) is 47.8 Å². The second-order valence-corrected chi connectivity index (χ2v) is 5.73. The van der Waals surface area contributed by atoms with E-state index in [4.69, 9.17) is 0 Å². The number of aromatic nitrogens is 2. The molecule has 2 atom stereocenters. The molecule has 2 unspecified atom stereocenters. The van der Waals surface area contributed by atoms with Crippen molar-refractivity contribution in [3.63, 3.8) is 0 Å². The molecule has 1 aromatic carbocycles. The van der Waals surface area contributed by atoms with E-state index in [0.29, 0.717) is 12.1 Å². The van der Waals surface area contributed by atoms with Crippen LogP contribution in [0.5, 0.6) is 0 Å². The average molecular weight is 273 g/mol. The molecule has 20 heavy (non-hydrogen) atoms. The summed E-state index contributed by atoms with van der Waals surface area (Å²) in [4.78, 5) is 4.26. The van der Waals surface area contributed by atoms with Crippen molar-refractivity contribution >= 4 is 0 Å². The minimum absolute atomic E-state index is 0.204. The first kappa shape index (κ1) is 13.3. The van der Waals surface area contributed by atoms with Crippen molar-refractivity contribution in [3.8, 4) is 5.69 Å². The zero-order chi connectivity index (χ0) is 14.1. The molecule has 0 spiro atoms. The lowest BCUT2D eigenvalue weighted by Crippen LogP contribution is -2.35. The van der Waals surface area contributed by atoms with Crippen LogP contribution in [-0.2, 0) is 0 Å². The number of imidazole rings is 1. The molecule has 2 heterocycles. The number of hydrogen-bond donors (Lipinski definition) is 1. The maximum atomic E-state index is 13.6. The maximum absolute atomic E-state index is 13.6. The Morgan fingerprint density at radius 3 is 2.90 bits per heavy atom. The highest BCUT2D eigenvalue weighted by molar-refractivity contribution is 5.38. The van der Waals surface area contributed by atoms with E-state index in [-0.39, 0.29) is 5.82 Å². The van der Waals surface area contributed by atoms with Crippen LogP contribution in [0.4, 0.5) is 4.39 Å². The number of piperidine rings is 1. The third-order valence-electron chi connectivity index (χ3n) is 3.94. The molecule has 4 heteroatoms. The summed E-state index contributed by atoms with van der Waals surface area (Å²) in [5, 5.41) is 3.60. The fourth-order valence-electron chi connectivity index (χ4n) is 3.01. The summed E-state index contributed by atoms with van der Waals surface area (Å²) in [7, 11) is 0. The maximum Gasteiger partial charge on any atom is 0.125 e. The quantitative estimate of drug-likeness (QED) is 0.907.